The van der Waals surface area contributed by atoms with Gasteiger partial charge in [-0.3, -0.25) is 4.79 Å². The van der Waals surface area contributed by atoms with Gasteiger partial charge in [-0.25, -0.2) is 0 Å². The van der Waals surface area contributed by atoms with Gasteiger partial charge in [-0.1, -0.05) is 12.1 Å². The molecule has 1 amide bonds. The van der Waals surface area contributed by atoms with E-state index in [9.17, 15) is 18.0 Å². The third kappa shape index (κ3) is 4.80. The summed E-state index contributed by atoms with van der Waals surface area (Å²) in [5.41, 5.74) is -0.517. The Morgan fingerprint density at radius 3 is 2.51 bits per heavy atom. The number of carbonyl (C=O) groups is 1. The summed E-state index contributed by atoms with van der Waals surface area (Å²) in [5, 5.41) is 9.11. The minimum atomic E-state index is -4.60. The van der Waals surface area contributed by atoms with Crippen LogP contribution in [0.1, 0.15) is 34.3 Å². The summed E-state index contributed by atoms with van der Waals surface area (Å²) in [5.74, 6) is 0.557. The van der Waals surface area contributed by atoms with Gasteiger partial charge in [-0.05, 0) is 48.6 Å². The zero-order valence-corrected chi connectivity index (χ0v) is 19.8. The predicted molar refractivity (Wildman–Crippen MR) is 124 cm³/mol. The first-order valence-electron chi connectivity index (χ1n) is 11.5. The van der Waals surface area contributed by atoms with Gasteiger partial charge in [0.2, 0.25) is 0 Å². The van der Waals surface area contributed by atoms with Gasteiger partial charge in [0.1, 0.15) is 5.75 Å². The van der Waals surface area contributed by atoms with Crippen LogP contribution in [0.2, 0.25) is 0 Å². The molecule has 2 saturated heterocycles. The fourth-order valence-corrected chi connectivity index (χ4v) is 5.43. The van der Waals surface area contributed by atoms with Crippen LogP contribution in [-0.2, 0) is 10.9 Å². The Morgan fingerprint density at radius 1 is 1.17 bits per heavy atom. The van der Waals surface area contributed by atoms with Gasteiger partial charge in [-0.2, -0.15) is 18.4 Å². The summed E-state index contributed by atoms with van der Waals surface area (Å²) in [6.07, 6.45) is -3.16. The van der Waals surface area contributed by atoms with Gasteiger partial charge in [0, 0.05) is 44.9 Å². The van der Waals surface area contributed by atoms with E-state index in [4.69, 9.17) is 14.7 Å². The molecular weight excluding hydrogens is 459 g/mol. The largest absolute Gasteiger partial charge is 0.496 e. The van der Waals surface area contributed by atoms with Crippen LogP contribution < -0.4 is 9.64 Å². The standard InChI is InChI=1S/C26H28F3N3O3/c1-34-16-19-15-32(20-8-7-18(14-30)22(13-20)26(27,28)29)17-25(19)9-11-31(12-10-25)24(33)21-5-3-4-6-23(21)35-2/h3-8,13,19H,9-12,15-17H2,1-2H3. The molecule has 35 heavy (non-hydrogen) atoms. The van der Waals surface area contributed by atoms with E-state index < -0.39 is 11.7 Å². The molecule has 2 fully saturated rings. The topological polar surface area (TPSA) is 65.8 Å². The van der Waals surface area contributed by atoms with E-state index in [0.29, 0.717) is 49.8 Å². The van der Waals surface area contributed by atoms with E-state index in [0.717, 1.165) is 18.9 Å². The number of nitriles is 1. The molecule has 0 N–H and O–H groups in total. The number of likely N-dealkylation sites (tertiary alicyclic amines) is 1. The summed E-state index contributed by atoms with van der Waals surface area (Å²) in [6, 6.07) is 12.7. The number of nitrogens with zero attached hydrogens (tertiary/aromatic N) is 3. The highest BCUT2D eigenvalue weighted by Crippen LogP contribution is 2.47. The van der Waals surface area contributed by atoms with E-state index in [-0.39, 0.29) is 22.8 Å². The Balaban J connectivity index is 1.54. The number of ether oxygens (including phenoxy) is 2. The van der Waals surface area contributed by atoms with Crippen LogP contribution in [0, 0.1) is 22.7 Å². The molecule has 1 spiro atoms. The number of hydrogen-bond donors (Lipinski definition) is 0. The Hall–Kier alpha value is -3.25. The predicted octanol–water partition coefficient (Wildman–Crippen LogP) is 4.59. The molecule has 2 aromatic carbocycles. The first kappa shape index (κ1) is 24.9. The van der Waals surface area contributed by atoms with Gasteiger partial charge >= 0.3 is 6.18 Å². The molecule has 2 aromatic rings. The first-order valence-corrected chi connectivity index (χ1v) is 11.5. The average Bonchev–Trinajstić information content (AvgIpc) is 3.20. The van der Waals surface area contributed by atoms with Crippen LogP contribution in [0.15, 0.2) is 42.5 Å². The van der Waals surface area contributed by atoms with Crippen molar-refractivity contribution in [2.45, 2.75) is 19.0 Å². The number of halogens is 3. The second kappa shape index (κ2) is 9.78. The molecule has 9 heteroatoms. The van der Waals surface area contributed by atoms with E-state index in [1.807, 2.05) is 15.9 Å². The number of amides is 1. The number of anilines is 1. The lowest BCUT2D eigenvalue weighted by atomic mass is 9.71. The Kier molecular flexibility index (Phi) is 6.95. The molecule has 6 nitrogen and oxygen atoms in total. The summed E-state index contributed by atoms with van der Waals surface area (Å²) in [6.45, 7) is 2.70. The molecule has 186 valence electrons. The third-order valence-electron chi connectivity index (χ3n) is 7.36. The zero-order valence-electron chi connectivity index (χ0n) is 19.8. The van der Waals surface area contributed by atoms with Gasteiger partial charge in [0.05, 0.1) is 36.5 Å². The second-order valence-electron chi connectivity index (χ2n) is 9.23. The Bertz CT molecular complexity index is 1120. The van der Waals surface area contributed by atoms with Crippen LogP contribution >= 0.6 is 0 Å². The number of carbonyl (C=O) groups excluding carboxylic acids is 1. The summed E-state index contributed by atoms with van der Waals surface area (Å²) < 4.78 is 51.4. The van der Waals surface area contributed by atoms with Crippen molar-refractivity contribution >= 4 is 11.6 Å². The number of methoxy groups -OCH3 is 2. The smallest absolute Gasteiger partial charge is 0.417 e. The lowest BCUT2D eigenvalue weighted by Gasteiger charge is -2.42. The summed E-state index contributed by atoms with van der Waals surface area (Å²) in [4.78, 5) is 16.9. The number of alkyl halides is 3. The summed E-state index contributed by atoms with van der Waals surface area (Å²) >= 11 is 0. The number of benzene rings is 2. The lowest BCUT2D eigenvalue weighted by molar-refractivity contribution is -0.137. The van der Waals surface area contributed by atoms with Crippen molar-refractivity contribution in [1.29, 1.82) is 5.26 Å². The van der Waals surface area contributed by atoms with E-state index in [2.05, 4.69) is 0 Å². The minimum Gasteiger partial charge on any atom is -0.496 e. The van der Waals surface area contributed by atoms with Crippen LogP contribution in [-0.4, -0.2) is 57.8 Å². The molecule has 2 aliphatic rings. The molecule has 1 atom stereocenters. The van der Waals surface area contributed by atoms with Gasteiger partial charge in [0.15, 0.2) is 0 Å². The van der Waals surface area contributed by atoms with Gasteiger partial charge in [0.25, 0.3) is 5.91 Å². The quantitative estimate of drug-likeness (QED) is 0.617. The van der Waals surface area contributed by atoms with Gasteiger partial charge in [-0.15, -0.1) is 0 Å². The fraction of sp³-hybridized carbons (Fsp3) is 0.462. The molecule has 2 heterocycles. The summed E-state index contributed by atoms with van der Waals surface area (Å²) in [7, 11) is 3.16. The van der Waals surface area contributed by atoms with Crippen molar-refractivity contribution in [3.8, 4) is 11.8 Å². The highest BCUT2D eigenvalue weighted by atomic mass is 19.4. The Labute approximate surface area is 202 Å². The van der Waals surface area contributed by atoms with Crippen LogP contribution in [0.3, 0.4) is 0 Å². The highest BCUT2D eigenvalue weighted by molar-refractivity contribution is 5.97. The molecule has 0 saturated carbocycles. The molecule has 0 radical (unpaired) electrons. The molecule has 0 aliphatic carbocycles. The minimum absolute atomic E-state index is 0.0858. The Morgan fingerprint density at radius 2 is 1.89 bits per heavy atom. The van der Waals surface area contributed by atoms with E-state index in [1.165, 1.54) is 13.2 Å². The maximum atomic E-state index is 13.5. The van der Waals surface area contributed by atoms with Crippen molar-refractivity contribution in [2.75, 3.05) is 51.9 Å². The van der Waals surface area contributed by atoms with Crippen molar-refractivity contribution in [3.63, 3.8) is 0 Å². The first-order chi connectivity index (χ1) is 16.7. The van der Waals surface area contributed by atoms with Crippen LogP contribution in [0.4, 0.5) is 18.9 Å². The zero-order chi connectivity index (χ0) is 25.2. The van der Waals surface area contributed by atoms with E-state index in [1.54, 1.807) is 37.4 Å². The normalized spacial score (nSPS) is 19.6. The third-order valence-corrected chi connectivity index (χ3v) is 7.36. The molecule has 2 aliphatic heterocycles. The average molecular weight is 488 g/mol. The molecule has 0 bridgehead atoms. The molecule has 1 unspecified atom stereocenters. The van der Waals surface area contributed by atoms with Crippen molar-refractivity contribution in [1.82, 2.24) is 4.90 Å². The van der Waals surface area contributed by atoms with Crippen molar-refractivity contribution < 1.29 is 27.4 Å². The number of hydrogen-bond acceptors (Lipinski definition) is 5. The second-order valence-corrected chi connectivity index (χ2v) is 9.23. The molecule has 0 aromatic heterocycles. The molecular formula is C26H28F3N3O3. The monoisotopic (exact) mass is 487 g/mol. The fourth-order valence-electron chi connectivity index (χ4n) is 5.43. The maximum Gasteiger partial charge on any atom is 0.417 e. The van der Waals surface area contributed by atoms with Crippen molar-refractivity contribution in [3.05, 3.63) is 59.2 Å². The number of para-hydroxylation sites is 1. The van der Waals surface area contributed by atoms with Crippen LogP contribution in [0.5, 0.6) is 5.75 Å². The van der Waals surface area contributed by atoms with Gasteiger partial charge < -0.3 is 19.3 Å². The highest BCUT2D eigenvalue weighted by Gasteiger charge is 2.49. The van der Waals surface area contributed by atoms with E-state index >= 15 is 0 Å². The SMILES string of the molecule is COCC1CN(c2ccc(C#N)c(C(F)(F)F)c2)CC12CCN(C(=O)c1ccccc1OC)CC2. The lowest BCUT2D eigenvalue weighted by Crippen LogP contribution is -2.47. The molecule has 4 rings (SSSR count). The number of piperidine rings is 1. The number of rotatable bonds is 5. The van der Waals surface area contributed by atoms with Crippen molar-refractivity contribution in [2.24, 2.45) is 11.3 Å². The maximum absolute atomic E-state index is 13.5. The van der Waals surface area contributed by atoms with Crippen LogP contribution in [0.25, 0.3) is 0 Å².